The second-order valence-corrected chi connectivity index (χ2v) is 6.70. The molecule has 1 atom stereocenters. The van der Waals surface area contributed by atoms with Crippen LogP contribution in [0.25, 0.3) is 0 Å². The summed E-state index contributed by atoms with van der Waals surface area (Å²) < 4.78 is 11.3. The SMILES string of the molecule is CCNC(=NCC(C)Oc1ccc(C)cc1)NCCCN1CCOCC1.I. The first kappa shape index (κ1) is 24.0. The van der Waals surface area contributed by atoms with Crippen LogP contribution in [0.5, 0.6) is 5.75 Å². The van der Waals surface area contributed by atoms with Gasteiger partial charge in [0.25, 0.3) is 0 Å². The molecule has 1 heterocycles. The number of aryl methyl sites for hydroxylation is 1. The van der Waals surface area contributed by atoms with Gasteiger partial charge in [0.1, 0.15) is 11.9 Å². The summed E-state index contributed by atoms with van der Waals surface area (Å²) in [5.41, 5.74) is 1.23. The van der Waals surface area contributed by atoms with Crippen LogP contribution in [0.3, 0.4) is 0 Å². The normalized spacial score (nSPS) is 16.3. The van der Waals surface area contributed by atoms with Crippen molar-refractivity contribution in [1.82, 2.24) is 15.5 Å². The van der Waals surface area contributed by atoms with Gasteiger partial charge in [0.2, 0.25) is 0 Å². The number of nitrogens with one attached hydrogen (secondary N) is 2. The van der Waals surface area contributed by atoms with Crippen LogP contribution in [-0.2, 0) is 4.74 Å². The summed E-state index contributed by atoms with van der Waals surface area (Å²) >= 11 is 0. The molecule has 0 spiro atoms. The van der Waals surface area contributed by atoms with Gasteiger partial charge < -0.3 is 20.1 Å². The average Bonchev–Trinajstić information content (AvgIpc) is 2.66. The van der Waals surface area contributed by atoms with Crippen molar-refractivity contribution in [3.05, 3.63) is 29.8 Å². The van der Waals surface area contributed by atoms with E-state index in [9.17, 15) is 0 Å². The van der Waals surface area contributed by atoms with Gasteiger partial charge >= 0.3 is 0 Å². The molecule has 0 bridgehead atoms. The van der Waals surface area contributed by atoms with E-state index in [0.717, 1.165) is 64.1 Å². The molecule has 7 heteroatoms. The van der Waals surface area contributed by atoms with E-state index < -0.39 is 0 Å². The summed E-state index contributed by atoms with van der Waals surface area (Å²) in [6.45, 7) is 13.5. The number of nitrogens with zero attached hydrogens (tertiary/aromatic N) is 2. The van der Waals surface area contributed by atoms with Crippen LogP contribution in [0.15, 0.2) is 29.3 Å². The predicted octanol–water partition coefficient (Wildman–Crippen LogP) is 2.66. The van der Waals surface area contributed by atoms with Crippen molar-refractivity contribution in [2.75, 3.05) is 52.5 Å². The van der Waals surface area contributed by atoms with E-state index in [1.165, 1.54) is 5.56 Å². The number of benzene rings is 1. The Hall–Kier alpha value is -1.06. The number of hydrogen-bond donors (Lipinski definition) is 2. The molecule has 27 heavy (non-hydrogen) atoms. The number of guanidine groups is 1. The lowest BCUT2D eigenvalue weighted by Crippen LogP contribution is -2.41. The molecule has 0 radical (unpaired) electrons. The van der Waals surface area contributed by atoms with Crippen molar-refractivity contribution in [2.45, 2.75) is 33.3 Å². The molecule has 6 nitrogen and oxygen atoms in total. The number of rotatable bonds is 9. The van der Waals surface area contributed by atoms with Gasteiger partial charge in [-0.05, 0) is 45.9 Å². The van der Waals surface area contributed by atoms with E-state index in [1.807, 2.05) is 19.1 Å². The Morgan fingerprint density at radius 1 is 1.22 bits per heavy atom. The lowest BCUT2D eigenvalue weighted by atomic mass is 10.2. The second kappa shape index (κ2) is 14.0. The Kier molecular flexibility index (Phi) is 12.4. The minimum Gasteiger partial charge on any atom is -0.489 e. The van der Waals surface area contributed by atoms with Gasteiger partial charge in [0.05, 0.1) is 19.8 Å². The maximum Gasteiger partial charge on any atom is 0.191 e. The number of halogens is 1. The van der Waals surface area contributed by atoms with Crippen molar-refractivity contribution in [3.63, 3.8) is 0 Å². The van der Waals surface area contributed by atoms with E-state index in [2.05, 4.69) is 46.5 Å². The Morgan fingerprint density at radius 2 is 1.93 bits per heavy atom. The van der Waals surface area contributed by atoms with Gasteiger partial charge in [-0.15, -0.1) is 24.0 Å². The first-order chi connectivity index (χ1) is 12.7. The molecule has 1 saturated heterocycles. The molecule has 2 rings (SSSR count). The molecular weight excluding hydrogens is 455 g/mol. The molecule has 1 unspecified atom stereocenters. The molecule has 0 aromatic heterocycles. The van der Waals surface area contributed by atoms with Crippen LogP contribution in [0, 0.1) is 6.92 Å². The van der Waals surface area contributed by atoms with Gasteiger partial charge in [-0.1, -0.05) is 17.7 Å². The number of hydrogen-bond acceptors (Lipinski definition) is 4. The predicted molar refractivity (Wildman–Crippen MR) is 123 cm³/mol. The maximum atomic E-state index is 5.92. The van der Waals surface area contributed by atoms with E-state index in [0.29, 0.717) is 6.54 Å². The Bertz CT molecular complexity index is 533. The van der Waals surface area contributed by atoms with Gasteiger partial charge in [0.15, 0.2) is 5.96 Å². The first-order valence-corrected chi connectivity index (χ1v) is 9.73. The lowest BCUT2D eigenvalue weighted by molar-refractivity contribution is 0.0376. The van der Waals surface area contributed by atoms with Gasteiger partial charge in [-0.25, -0.2) is 4.99 Å². The minimum atomic E-state index is 0. The largest absolute Gasteiger partial charge is 0.489 e. The van der Waals surface area contributed by atoms with Crippen LogP contribution < -0.4 is 15.4 Å². The fourth-order valence-electron chi connectivity index (χ4n) is 2.78. The third kappa shape index (κ3) is 10.2. The number of ether oxygens (including phenoxy) is 2. The monoisotopic (exact) mass is 490 g/mol. The van der Waals surface area contributed by atoms with E-state index in [1.54, 1.807) is 0 Å². The summed E-state index contributed by atoms with van der Waals surface area (Å²) in [6, 6.07) is 8.13. The zero-order valence-corrected chi connectivity index (χ0v) is 19.2. The Morgan fingerprint density at radius 3 is 2.59 bits per heavy atom. The van der Waals surface area contributed by atoms with Crippen molar-refractivity contribution < 1.29 is 9.47 Å². The minimum absolute atomic E-state index is 0. The number of aliphatic imine (C=N–C) groups is 1. The zero-order chi connectivity index (χ0) is 18.6. The molecule has 154 valence electrons. The summed E-state index contributed by atoms with van der Waals surface area (Å²) in [6.07, 6.45) is 1.13. The topological polar surface area (TPSA) is 58.1 Å². The third-order valence-electron chi connectivity index (χ3n) is 4.26. The number of morpholine rings is 1. The standard InChI is InChI=1S/C20H34N4O2.HI/c1-4-21-20(22-10-5-11-24-12-14-25-15-13-24)23-16-18(3)26-19-8-6-17(2)7-9-19;/h6-9,18H,4-5,10-16H2,1-3H3,(H2,21,22,23);1H. The molecule has 0 amide bonds. The summed E-state index contributed by atoms with van der Waals surface area (Å²) in [5.74, 6) is 1.75. The molecule has 1 fully saturated rings. The van der Waals surface area contributed by atoms with Gasteiger partial charge in [-0.2, -0.15) is 0 Å². The molecule has 1 aliphatic rings. The van der Waals surface area contributed by atoms with Crippen molar-refractivity contribution in [1.29, 1.82) is 0 Å². The highest BCUT2D eigenvalue weighted by Crippen LogP contribution is 2.13. The highest BCUT2D eigenvalue weighted by molar-refractivity contribution is 14.0. The van der Waals surface area contributed by atoms with Crippen LogP contribution in [-0.4, -0.2) is 69.4 Å². The summed E-state index contributed by atoms with van der Waals surface area (Å²) in [7, 11) is 0. The fraction of sp³-hybridized carbons (Fsp3) is 0.650. The fourth-order valence-corrected chi connectivity index (χ4v) is 2.78. The molecular formula is C20H35IN4O2. The molecule has 2 N–H and O–H groups in total. The Labute approximate surface area is 181 Å². The summed E-state index contributed by atoms with van der Waals surface area (Å²) in [4.78, 5) is 7.10. The van der Waals surface area contributed by atoms with E-state index in [4.69, 9.17) is 9.47 Å². The molecule has 0 saturated carbocycles. The highest BCUT2D eigenvalue weighted by Gasteiger charge is 2.09. The Balaban J connectivity index is 0.00000364. The van der Waals surface area contributed by atoms with Crippen LogP contribution in [0.1, 0.15) is 25.8 Å². The second-order valence-electron chi connectivity index (χ2n) is 6.70. The first-order valence-electron chi connectivity index (χ1n) is 9.73. The van der Waals surface area contributed by atoms with Crippen LogP contribution in [0.2, 0.25) is 0 Å². The smallest absolute Gasteiger partial charge is 0.191 e. The summed E-state index contributed by atoms with van der Waals surface area (Å²) in [5, 5.41) is 6.71. The van der Waals surface area contributed by atoms with Crippen LogP contribution >= 0.6 is 24.0 Å². The maximum absolute atomic E-state index is 5.92. The van der Waals surface area contributed by atoms with Crippen molar-refractivity contribution in [3.8, 4) is 5.75 Å². The molecule has 1 aromatic rings. The molecule has 0 aliphatic carbocycles. The quantitative estimate of drug-likeness (QED) is 0.241. The molecule has 1 aromatic carbocycles. The zero-order valence-electron chi connectivity index (χ0n) is 16.9. The van der Waals surface area contributed by atoms with Crippen LogP contribution in [0.4, 0.5) is 0 Å². The van der Waals surface area contributed by atoms with Gasteiger partial charge in [-0.3, -0.25) is 4.90 Å². The highest BCUT2D eigenvalue weighted by atomic mass is 127. The average molecular weight is 490 g/mol. The van der Waals surface area contributed by atoms with E-state index in [-0.39, 0.29) is 30.1 Å². The third-order valence-corrected chi connectivity index (χ3v) is 4.26. The van der Waals surface area contributed by atoms with Gasteiger partial charge in [0, 0.05) is 26.2 Å². The molecule has 1 aliphatic heterocycles. The lowest BCUT2D eigenvalue weighted by Gasteiger charge is -2.26. The van der Waals surface area contributed by atoms with E-state index >= 15 is 0 Å². The van der Waals surface area contributed by atoms with Crippen molar-refractivity contribution in [2.24, 2.45) is 4.99 Å². The van der Waals surface area contributed by atoms with Crippen molar-refractivity contribution >= 4 is 29.9 Å².